The summed E-state index contributed by atoms with van der Waals surface area (Å²) < 4.78 is 5.55. The molecular weight excluding hydrogens is 270 g/mol. The van der Waals surface area contributed by atoms with Crippen LogP contribution in [0.5, 0.6) is 0 Å². The highest BCUT2D eigenvalue weighted by molar-refractivity contribution is 5.82. The van der Waals surface area contributed by atoms with Crippen LogP contribution in [0.1, 0.15) is 26.2 Å². The second-order valence-corrected chi connectivity index (χ2v) is 6.50. The molecule has 21 heavy (non-hydrogen) atoms. The minimum absolute atomic E-state index is 0.116. The van der Waals surface area contributed by atoms with Gasteiger partial charge < -0.3 is 15.0 Å². The molecule has 2 aliphatic heterocycles. The van der Waals surface area contributed by atoms with Gasteiger partial charge in [0.1, 0.15) is 6.10 Å². The van der Waals surface area contributed by atoms with E-state index in [0.29, 0.717) is 38.2 Å². The molecule has 2 atom stereocenters. The van der Waals surface area contributed by atoms with Crippen LogP contribution in [0.4, 0.5) is 0 Å². The highest BCUT2D eigenvalue weighted by atomic mass is 16.5. The van der Waals surface area contributed by atoms with Gasteiger partial charge in [0.05, 0.1) is 6.54 Å². The molecule has 6 heteroatoms. The molecule has 2 saturated heterocycles. The zero-order valence-electron chi connectivity index (χ0n) is 12.7. The van der Waals surface area contributed by atoms with E-state index >= 15 is 0 Å². The van der Waals surface area contributed by atoms with Crippen LogP contribution in [-0.4, -0.2) is 73.1 Å². The predicted octanol–water partition coefficient (Wildman–Crippen LogP) is -0.166. The zero-order valence-corrected chi connectivity index (χ0v) is 12.7. The number of rotatable bonds is 4. The van der Waals surface area contributed by atoms with Crippen molar-refractivity contribution in [3.63, 3.8) is 0 Å². The van der Waals surface area contributed by atoms with Crippen LogP contribution in [0.2, 0.25) is 0 Å². The molecule has 3 rings (SSSR count). The van der Waals surface area contributed by atoms with Gasteiger partial charge in [-0.3, -0.25) is 14.5 Å². The van der Waals surface area contributed by atoms with E-state index < -0.39 is 0 Å². The van der Waals surface area contributed by atoms with Gasteiger partial charge in [-0.15, -0.1) is 0 Å². The van der Waals surface area contributed by atoms with Crippen molar-refractivity contribution in [1.29, 1.82) is 0 Å². The first kappa shape index (κ1) is 14.8. The number of piperazine rings is 1. The monoisotopic (exact) mass is 295 g/mol. The van der Waals surface area contributed by atoms with E-state index in [0.717, 1.165) is 32.4 Å². The Morgan fingerprint density at radius 3 is 2.43 bits per heavy atom. The number of hydrogen-bond donors (Lipinski definition) is 1. The van der Waals surface area contributed by atoms with Crippen LogP contribution in [0.25, 0.3) is 0 Å². The Labute approximate surface area is 125 Å². The number of nitrogens with zero attached hydrogens (tertiary/aromatic N) is 2. The molecule has 1 N–H and O–H groups in total. The fraction of sp³-hybridized carbons (Fsp3) is 0.867. The predicted molar refractivity (Wildman–Crippen MR) is 77.7 cm³/mol. The van der Waals surface area contributed by atoms with Gasteiger partial charge in [0.25, 0.3) is 5.91 Å². The van der Waals surface area contributed by atoms with Crippen LogP contribution in [0.3, 0.4) is 0 Å². The lowest BCUT2D eigenvalue weighted by Gasteiger charge is -2.35. The number of amides is 2. The SMILES string of the molecule is C[C@@H]1CCO[C@@H]1C(=O)N1CCN(CC(=O)NC2CC2)CC1. The Balaban J connectivity index is 1.41. The summed E-state index contributed by atoms with van der Waals surface area (Å²) in [6.45, 7) is 6.15. The molecule has 0 bridgehead atoms. The molecule has 2 heterocycles. The topological polar surface area (TPSA) is 61.9 Å². The molecule has 1 saturated carbocycles. The van der Waals surface area contributed by atoms with Crippen molar-refractivity contribution in [1.82, 2.24) is 15.1 Å². The molecule has 1 aliphatic carbocycles. The average molecular weight is 295 g/mol. The summed E-state index contributed by atoms with van der Waals surface area (Å²) in [4.78, 5) is 28.2. The van der Waals surface area contributed by atoms with Crippen molar-refractivity contribution in [3.05, 3.63) is 0 Å². The average Bonchev–Trinajstić information content (AvgIpc) is 3.17. The van der Waals surface area contributed by atoms with Crippen molar-refractivity contribution in [2.45, 2.75) is 38.3 Å². The number of carbonyl (C=O) groups excluding carboxylic acids is 2. The Morgan fingerprint density at radius 1 is 1.14 bits per heavy atom. The van der Waals surface area contributed by atoms with Crippen LogP contribution < -0.4 is 5.32 Å². The third kappa shape index (κ3) is 3.74. The molecule has 0 aromatic carbocycles. The van der Waals surface area contributed by atoms with Crippen molar-refractivity contribution in [2.75, 3.05) is 39.3 Å². The third-order valence-corrected chi connectivity index (χ3v) is 4.62. The minimum atomic E-state index is -0.255. The molecule has 2 amide bonds. The fourth-order valence-corrected chi connectivity index (χ4v) is 3.02. The smallest absolute Gasteiger partial charge is 0.252 e. The Kier molecular flexibility index (Phi) is 4.45. The summed E-state index contributed by atoms with van der Waals surface area (Å²) in [5.41, 5.74) is 0. The molecule has 0 spiro atoms. The molecule has 118 valence electrons. The number of nitrogens with one attached hydrogen (secondary N) is 1. The van der Waals surface area contributed by atoms with Gasteiger partial charge in [-0.25, -0.2) is 0 Å². The summed E-state index contributed by atoms with van der Waals surface area (Å²) in [6.07, 6.45) is 2.95. The molecule has 3 fully saturated rings. The molecule has 0 aromatic heterocycles. The molecule has 6 nitrogen and oxygen atoms in total. The van der Waals surface area contributed by atoms with Gasteiger partial charge in [0.15, 0.2) is 0 Å². The summed E-state index contributed by atoms with van der Waals surface area (Å²) in [7, 11) is 0. The number of ether oxygens (including phenoxy) is 1. The summed E-state index contributed by atoms with van der Waals surface area (Å²) in [5.74, 6) is 0.562. The van der Waals surface area contributed by atoms with Crippen LogP contribution in [0, 0.1) is 5.92 Å². The largest absolute Gasteiger partial charge is 0.368 e. The molecule has 3 aliphatic rings. The van der Waals surface area contributed by atoms with E-state index in [4.69, 9.17) is 4.74 Å². The summed E-state index contributed by atoms with van der Waals surface area (Å²) in [5, 5.41) is 3.00. The number of carbonyl (C=O) groups is 2. The first-order valence-corrected chi connectivity index (χ1v) is 8.05. The Morgan fingerprint density at radius 2 is 1.86 bits per heavy atom. The lowest BCUT2D eigenvalue weighted by Crippen LogP contribution is -2.53. The Bertz CT molecular complexity index is 403. The highest BCUT2D eigenvalue weighted by Gasteiger charge is 2.35. The van der Waals surface area contributed by atoms with Crippen LogP contribution >= 0.6 is 0 Å². The van der Waals surface area contributed by atoms with E-state index in [2.05, 4.69) is 17.1 Å². The van der Waals surface area contributed by atoms with E-state index in [1.807, 2.05) is 4.90 Å². The van der Waals surface area contributed by atoms with Gasteiger partial charge in [0, 0.05) is 38.8 Å². The second-order valence-electron chi connectivity index (χ2n) is 6.50. The first-order chi connectivity index (χ1) is 10.1. The maximum absolute atomic E-state index is 12.4. The lowest BCUT2D eigenvalue weighted by atomic mass is 10.0. The maximum Gasteiger partial charge on any atom is 0.252 e. The van der Waals surface area contributed by atoms with E-state index in [-0.39, 0.29) is 17.9 Å². The van der Waals surface area contributed by atoms with E-state index in [9.17, 15) is 9.59 Å². The quantitative estimate of drug-likeness (QED) is 0.782. The van der Waals surface area contributed by atoms with Crippen molar-refractivity contribution in [3.8, 4) is 0 Å². The van der Waals surface area contributed by atoms with Gasteiger partial charge in [-0.05, 0) is 25.2 Å². The normalized spacial score (nSPS) is 30.4. The van der Waals surface area contributed by atoms with Gasteiger partial charge in [-0.2, -0.15) is 0 Å². The summed E-state index contributed by atoms with van der Waals surface area (Å²) in [6, 6.07) is 0.418. The summed E-state index contributed by atoms with van der Waals surface area (Å²) >= 11 is 0. The van der Waals surface area contributed by atoms with Crippen molar-refractivity contribution >= 4 is 11.8 Å². The second kappa shape index (κ2) is 6.32. The lowest BCUT2D eigenvalue weighted by molar-refractivity contribution is -0.144. The minimum Gasteiger partial charge on any atom is -0.368 e. The van der Waals surface area contributed by atoms with Crippen LogP contribution in [0.15, 0.2) is 0 Å². The maximum atomic E-state index is 12.4. The van der Waals surface area contributed by atoms with E-state index in [1.165, 1.54) is 0 Å². The number of hydrogen-bond acceptors (Lipinski definition) is 4. The van der Waals surface area contributed by atoms with Gasteiger partial charge in [-0.1, -0.05) is 6.92 Å². The highest BCUT2D eigenvalue weighted by Crippen LogP contribution is 2.22. The molecule has 0 aromatic rings. The van der Waals surface area contributed by atoms with Crippen molar-refractivity contribution in [2.24, 2.45) is 5.92 Å². The molecule has 0 unspecified atom stereocenters. The zero-order chi connectivity index (χ0) is 14.8. The van der Waals surface area contributed by atoms with Gasteiger partial charge >= 0.3 is 0 Å². The van der Waals surface area contributed by atoms with Crippen molar-refractivity contribution < 1.29 is 14.3 Å². The van der Waals surface area contributed by atoms with Gasteiger partial charge in [0.2, 0.25) is 5.91 Å². The van der Waals surface area contributed by atoms with Crippen LogP contribution in [-0.2, 0) is 14.3 Å². The molecule has 0 radical (unpaired) electrons. The fourth-order valence-electron chi connectivity index (χ4n) is 3.02. The Hall–Kier alpha value is -1.14. The molecular formula is C15H25N3O3. The standard InChI is InChI=1S/C15H25N3O3/c1-11-4-9-21-14(11)15(20)18-7-5-17(6-8-18)10-13(19)16-12-2-3-12/h11-12,14H,2-10H2,1H3,(H,16,19)/t11-,14+/m1/s1. The third-order valence-electron chi connectivity index (χ3n) is 4.62. The first-order valence-electron chi connectivity index (χ1n) is 8.05. The van der Waals surface area contributed by atoms with E-state index in [1.54, 1.807) is 0 Å².